The number of hydrogen-bond acceptors (Lipinski definition) is 3. The van der Waals surface area contributed by atoms with Crippen LogP contribution in [0.3, 0.4) is 0 Å². The maximum Gasteiger partial charge on any atom is 0.323 e. The number of pyridine rings is 1. The van der Waals surface area contributed by atoms with Crippen LogP contribution in [-0.2, 0) is 0 Å². The van der Waals surface area contributed by atoms with Crippen LogP contribution >= 0.6 is 11.6 Å². The zero-order valence-electron chi connectivity index (χ0n) is 11.7. The average Bonchev–Trinajstić information content (AvgIpc) is 2.80. The number of halogens is 1. The van der Waals surface area contributed by atoms with Gasteiger partial charge in [-0.25, -0.2) is 9.78 Å². The fourth-order valence-corrected chi connectivity index (χ4v) is 2.51. The van der Waals surface area contributed by atoms with Crippen molar-refractivity contribution in [3.63, 3.8) is 0 Å². The molecular weight excluding hydrogens is 288 g/mol. The van der Waals surface area contributed by atoms with Crippen LogP contribution in [0.4, 0.5) is 5.69 Å². The molecule has 6 heteroatoms. The Kier molecular flexibility index (Phi) is 3.43. The van der Waals surface area contributed by atoms with E-state index in [-0.39, 0.29) is 11.7 Å². The largest absolute Gasteiger partial charge is 0.377 e. The van der Waals surface area contributed by atoms with Gasteiger partial charge in [-0.05, 0) is 43.7 Å². The van der Waals surface area contributed by atoms with Crippen molar-refractivity contribution in [2.45, 2.75) is 19.9 Å². The van der Waals surface area contributed by atoms with Gasteiger partial charge in [-0.3, -0.25) is 0 Å². The molecule has 0 radical (unpaired) electrons. The zero-order chi connectivity index (χ0) is 15.0. The van der Waals surface area contributed by atoms with Gasteiger partial charge in [-0.2, -0.15) is 0 Å². The molecule has 0 aliphatic carbocycles. The number of anilines is 1. The topological polar surface area (TPSA) is 73.6 Å². The summed E-state index contributed by atoms with van der Waals surface area (Å²) in [6.07, 6.45) is 0. The summed E-state index contributed by atoms with van der Waals surface area (Å²) in [5.41, 5.74) is 4.28. The van der Waals surface area contributed by atoms with Gasteiger partial charge >= 0.3 is 5.69 Å². The van der Waals surface area contributed by atoms with Crippen molar-refractivity contribution in [2.75, 3.05) is 5.32 Å². The van der Waals surface area contributed by atoms with Crippen molar-refractivity contribution in [3.8, 4) is 0 Å². The normalized spacial score (nSPS) is 12.5. The quantitative estimate of drug-likeness (QED) is 0.649. The second-order valence-electron chi connectivity index (χ2n) is 5.02. The molecule has 0 bridgehead atoms. The Morgan fingerprint density at radius 2 is 1.95 bits per heavy atom. The smallest absolute Gasteiger partial charge is 0.323 e. The summed E-state index contributed by atoms with van der Waals surface area (Å²) in [7, 11) is 0. The van der Waals surface area contributed by atoms with Gasteiger partial charge in [0, 0.05) is 6.04 Å². The van der Waals surface area contributed by atoms with Crippen LogP contribution in [0.25, 0.3) is 11.0 Å². The maximum absolute atomic E-state index is 11.3. The second kappa shape index (κ2) is 5.26. The first-order valence-corrected chi connectivity index (χ1v) is 7.02. The Balaban J connectivity index is 1.89. The predicted molar refractivity (Wildman–Crippen MR) is 84.9 cm³/mol. The highest BCUT2D eigenvalue weighted by molar-refractivity contribution is 6.29. The Hall–Kier alpha value is -2.27. The van der Waals surface area contributed by atoms with Crippen LogP contribution in [0.15, 0.2) is 35.1 Å². The average molecular weight is 303 g/mol. The van der Waals surface area contributed by atoms with Gasteiger partial charge in [0.1, 0.15) is 5.15 Å². The fourth-order valence-electron chi connectivity index (χ4n) is 2.32. The van der Waals surface area contributed by atoms with Gasteiger partial charge < -0.3 is 15.3 Å². The Labute approximate surface area is 126 Å². The minimum atomic E-state index is -0.194. The molecule has 0 fully saturated rings. The number of nitrogens with zero attached hydrogens (tertiary/aromatic N) is 1. The van der Waals surface area contributed by atoms with E-state index in [1.165, 1.54) is 0 Å². The molecule has 3 rings (SSSR count). The van der Waals surface area contributed by atoms with Gasteiger partial charge in [0.2, 0.25) is 0 Å². The monoisotopic (exact) mass is 302 g/mol. The first-order valence-electron chi connectivity index (χ1n) is 6.64. The lowest BCUT2D eigenvalue weighted by Gasteiger charge is -2.17. The van der Waals surface area contributed by atoms with E-state index < -0.39 is 0 Å². The summed E-state index contributed by atoms with van der Waals surface area (Å²) in [5.74, 6) is 0. The van der Waals surface area contributed by atoms with Gasteiger partial charge in [0.25, 0.3) is 0 Å². The Morgan fingerprint density at radius 1 is 1.19 bits per heavy atom. The highest BCUT2D eigenvalue weighted by atomic mass is 35.5. The van der Waals surface area contributed by atoms with Crippen molar-refractivity contribution >= 4 is 28.3 Å². The molecule has 3 N–H and O–H groups in total. The molecule has 108 valence electrons. The number of fused-ring (bicyclic) bond motifs is 1. The molecule has 1 unspecified atom stereocenters. The first kappa shape index (κ1) is 13.7. The number of aromatic nitrogens is 3. The third kappa shape index (κ3) is 2.78. The van der Waals surface area contributed by atoms with E-state index in [9.17, 15) is 4.79 Å². The summed E-state index contributed by atoms with van der Waals surface area (Å²) >= 11 is 5.86. The third-order valence-electron chi connectivity index (χ3n) is 3.46. The van der Waals surface area contributed by atoms with E-state index in [0.717, 1.165) is 28.0 Å². The SMILES string of the molecule is Cc1nc(Cl)ccc1NC(C)c1ccc2[nH]c(=O)[nH]c2c1. The van der Waals surface area contributed by atoms with Crippen LogP contribution < -0.4 is 11.0 Å². The molecule has 0 aliphatic heterocycles. The molecule has 0 spiro atoms. The van der Waals surface area contributed by atoms with E-state index in [0.29, 0.717) is 5.15 Å². The molecule has 2 aromatic heterocycles. The number of hydrogen-bond donors (Lipinski definition) is 3. The Bertz CT molecular complexity index is 852. The van der Waals surface area contributed by atoms with Gasteiger partial charge in [-0.1, -0.05) is 17.7 Å². The number of benzene rings is 1. The van der Waals surface area contributed by atoms with Crippen LogP contribution in [-0.4, -0.2) is 15.0 Å². The maximum atomic E-state index is 11.3. The van der Waals surface area contributed by atoms with E-state index in [2.05, 4.69) is 27.2 Å². The Morgan fingerprint density at radius 3 is 2.71 bits per heavy atom. The highest BCUT2D eigenvalue weighted by Gasteiger charge is 2.09. The fraction of sp³-hybridized carbons (Fsp3) is 0.200. The molecular formula is C15H15ClN4O. The predicted octanol–water partition coefficient (Wildman–Crippen LogP) is 3.39. The van der Waals surface area contributed by atoms with Gasteiger partial charge in [0.15, 0.2) is 0 Å². The standard InChI is InChI=1S/C15H15ClN4O/c1-8(17-11-5-6-14(16)18-9(11)2)10-3-4-12-13(7-10)20-15(21)19-12/h3-8,17H,1-2H3,(H2,19,20,21). The van der Waals surface area contributed by atoms with Gasteiger partial charge in [0.05, 0.1) is 22.4 Å². The first-order chi connectivity index (χ1) is 10.0. The number of aromatic amines is 2. The third-order valence-corrected chi connectivity index (χ3v) is 3.67. The lowest BCUT2D eigenvalue weighted by molar-refractivity contribution is 0.881. The second-order valence-corrected chi connectivity index (χ2v) is 5.40. The molecule has 3 aromatic rings. The zero-order valence-corrected chi connectivity index (χ0v) is 12.5. The van der Waals surface area contributed by atoms with E-state index >= 15 is 0 Å². The van der Waals surface area contributed by atoms with E-state index in [1.807, 2.05) is 31.2 Å². The molecule has 0 aliphatic rings. The molecule has 0 saturated heterocycles. The van der Waals surface area contributed by atoms with E-state index in [1.54, 1.807) is 6.07 Å². The lowest BCUT2D eigenvalue weighted by Crippen LogP contribution is -2.08. The summed E-state index contributed by atoms with van der Waals surface area (Å²) in [5, 5.41) is 3.89. The van der Waals surface area contributed by atoms with Gasteiger partial charge in [-0.15, -0.1) is 0 Å². The van der Waals surface area contributed by atoms with Crippen molar-refractivity contribution in [3.05, 3.63) is 57.2 Å². The molecule has 1 atom stereocenters. The van der Waals surface area contributed by atoms with Crippen LogP contribution in [0.1, 0.15) is 24.2 Å². The van der Waals surface area contributed by atoms with E-state index in [4.69, 9.17) is 11.6 Å². The number of rotatable bonds is 3. The number of imidazole rings is 1. The summed E-state index contributed by atoms with van der Waals surface area (Å²) in [6.45, 7) is 3.97. The molecule has 5 nitrogen and oxygen atoms in total. The summed E-state index contributed by atoms with van der Waals surface area (Å²) in [4.78, 5) is 21.0. The highest BCUT2D eigenvalue weighted by Crippen LogP contribution is 2.24. The van der Waals surface area contributed by atoms with Crippen LogP contribution in [0, 0.1) is 6.92 Å². The van der Waals surface area contributed by atoms with Crippen molar-refractivity contribution in [1.29, 1.82) is 0 Å². The van der Waals surface area contributed by atoms with Crippen LogP contribution in [0.2, 0.25) is 5.15 Å². The summed E-state index contributed by atoms with van der Waals surface area (Å²) in [6, 6.07) is 9.60. The summed E-state index contributed by atoms with van der Waals surface area (Å²) < 4.78 is 0. The van der Waals surface area contributed by atoms with Crippen molar-refractivity contribution in [2.24, 2.45) is 0 Å². The van der Waals surface area contributed by atoms with Crippen molar-refractivity contribution < 1.29 is 0 Å². The molecule has 2 heterocycles. The van der Waals surface area contributed by atoms with Crippen molar-refractivity contribution in [1.82, 2.24) is 15.0 Å². The minimum absolute atomic E-state index is 0.0782. The molecule has 0 saturated carbocycles. The molecule has 0 amide bonds. The number of nitrogens with one attached hydrogen (secondary N) is 3. The van der Waals surface area contributed by atoms with Crippen LogP contribution in [0.5, 0.6) is 0 Å². The number of H-pyrrole nitrogens is 2. The lowest BCUT2D eigenvalue weighted by atomic mass is 10.1. The molecule has 1 aromatic carbocycles. The minimum Gasteiger partial charge on any atom is -0.377 e. The molecule has 21 heavy (non-hydrogen) atoms. The number of aryl methyl sites for hydroxylation is 1.